The van der Waals surface area contributed by atoms with Gasteiger partial charge in [-0.2, -0.15) is 0 Å². The maximum Gasteiger partial charge on any atom is -0.0331 e. The fourth-order valence-corrected chi connectivity index (χ4v) is 2.77. The van der Waals surface area contributed by atoms with E-state index in [0.29, 0.717) is 0 Å². The van der Waals surface area contributed by atoms with Gasteiger partial charge in [-0.15, -0.1) is 0 Å². The molecule has 0 aliphatic heterocycles. The molecule has 0 heteroatoms. The fourth-order valence-electron chi connectivity index (χ4n) is 2.77. The van der Waals surface area contributed by atoms with Crippen LogP contribution in [-0.4, -0.2) is 0 Å². The third-order valence-electron chi connectivity index (χ3n) is 3.55. The first-order valence-corrected chi connectivity index (χ1v) is 5.68. The molecular weight excluding hydrogens is 144 g/mol. The van der Waals surface area contributed by atoms with Crippen LogP contribution in [0.25, 0.3) is 0 Å². The van der Waals surface area contributed by atoms with Crippen LogP contribution in [0, 0.1) is 23.7 Å². The summed E-state index contributed by atoms with van der Waals surface area (Å²) in [5, 5.41) is 0. The van der Waals surface area contributed by atoms with Crippen molar-refractivity contribution in [2.24, 2.45) is 23.7 Å². The minimum absolute atomic E-state index is 0.923. The minimum atomic E-state index is 0.923. The van der Waals surface area contributed by atoms with Gasteiger partial charge in [-0.3, -0.25) is 0 Å². The summed E-state index contributed by atoms with van der Waals surface area (Å²) in [7, 11) is 0. The van der Waals surface area contributed by atoms with Crippen molar-refractivity contribution in [1.82, 2.24) is 0 Å². The van der Waals surface area contributed by atoms with E-state index in [1.54, 1.807) is 0 Å². The van der Waals surface area contributed by atoms with Crippen LogP contribution in [0.4, 0.5) is 0 Å². The first kappa shape index (κ1) is 10.1. The van der Waals surface area contributed by atoms with Crippen LogP contribution in [0.1, 0.15) is 53.4 Å². The second-order valence-electron chi connectivity index (χ2n) is 4.84. The van der Waals surface area contributed by atoms with Gasteiger partial charge in [-0.05, 0) is 30.1 Å². The molecule has 0 heterocycles. The van der Waals surface area contributed by atoms with Crippen molar-refractivity contribution >= 4 is 0 Å². The Kier molecular flexibility index (Phi) is 3.61. The van der Waals surface area contributed by atoms with Crippen LogP contribution in [0.2, 0.25) is 0 Å². The highest BCUT2D eigenvalue weighted by molar-refractivity contribution is 4.95. The molecule has 3 atom stereocenters. The fraction of sp³-hybridized carbons (Fsp3) is 1.00. The van der Waals surface area contributed by atoms with Gasteiger partial charge in [0.15, 0.2) is 0 Å². The normalized spacial score (nSPS) is 34.2. The first-order chi connectivity index (χ1) is 5.68. The molecule has 0 radical (unpaired) electrons. The summed E-state index contributed by atoms with van der Waals surface area (Å²) >= 11 is 0. The number of hydrogen-bond donors (Lipinski definition) is 0. The Hall–Kier alpha value is 0. The van der Waals surface area contributed by atoms with Crippen molar-refractivity contribution in [2.75, 3.05) is 0 Å². The molecule has 0 amide bonds. The molecule has 0 aromatic heterocycles. The molecule has 12 heavy (non-hydrogen) atoms. The van der Waals surface area contributed by atoms with Crippen molar-refractivity contribution in [3.8, 4) is 0 Å². The Morgan fingerprint density at radius 1 is 1.17 bits per heavy atom. The maximum atomic E-state index is 2.43. The average molecular weight is 168 g/mol. The summed E-state index contributed by atoms with van der Waals surface area (Å²) in [4.78, 5) is 0. The Balaban J connectivity index is 2.11. The van der Waals surface area contributed by atoms with E-state index in [4.69, 9.17) is 0 Å². The van der Waals surface area contributed by atoms with E-state index in [0.717, 1.165) is 23.7 Å². The molecule has 0 N–H and O–H groups in total. The lowest BCUT2D eigenvalue weighted by molar-refractivity contribution is 0.486. The molecule has 1 aliphatic rings. The van der Waals surface area contributed by atoms with Gasteiger partial charge >= 0.3 is 0 Å². The Morgan fingerprint density at radius 2 is 1.83 bits per heavy atom. The summed E-state index contributed by atoms with van der Waals surface area (Å²) in [5.74, 6) is 4.09. The SMILES string of the molecule is CCCCCC1C(C)C1C(C)C. The van der Waals surface area contributed by atoms with Crippen LogP contribution in [-0.2, 0) is 0 Å². The van der Waals surface area contributed by atoms with Gasteiger partial charge in [-0.25, -0.2) is 0 Å². The number of hydrogen-bond acceptors (Lipinski definition) is 0. The zero-order chi connectivity index (χ0) is 9.14. The standard InChI is InChI=1S/C12H24/c1-5-6-7-8-11-10(4)12(11)9(2)3/h9-12H,5-8H2,1-4H3. The van der Waals surface area contributed by atoms with Crippen LogP contribution in [0.3, 0.4) is 0 Å². The third-order valence-corrected chi connectivity index (χ3v) is 3.55. The molecule has 72 valence electrons. The van der Waals surface area contributed by atoms with Gasteiger partial charge in [0.05, 0.1) is 0 Å². The highest BCUT2D eigenvalue weighted by Crippen LogP contribution is 2.53. The highest BCUT2D eigenvalue weighted by Gasteiger charge is 2.46. The maximum absolute atomic E-state index is 2.43. The van der Waals surface area contributed by atoms with Crippen LogP contribution < -0.4 is 0 Å². The van der Waals surface area contributed by atoms with Crippen molar-refractivity contribution in [2.45, 2.75) is 53.4 Å². The predicted octanol–water partition coefficient (Wildman–Crippen LogP) is 4.10. The summed E-state index contributed by atoms with van der Waals surface area (Å²) in [6.45, 7) is 9.47. The molecule has 0 aromatic carbocycles. The summed E-state index contributed by atoms with van der Waals surface area (Å²) in [6.07, 6.45) is 5.77. The van der Waals surface area contributed by atoms with Crippen LogP contribution in [0.5, 0.6) is 0 Å². The molecular formula is C12H24. The van der Waals surface area contributed by atoms with Gasteiger partial charge in [0.2, 0.25) is 0 Å². The van der Waals surface area contributed by atoms with E-state index in [9.17, 15) is 0 Å². The molecule has 3 unspecified atom stereocenters. The van der Waals surface area contributed by atoms with Crippen molar-refractivity contribution in [1.29, 1.82) is 0 Å². The zero-order valence-electron chi connectivity index (χ0n) is 9.14. The lowest BCUT2D eigenvalue weighted by Crippen LogP contribution is -1.93. The Labute approximate surface area is 77.7 Å². The second-order valence-corrected chi connectivity index (χ2v) is 4.84. The lowest BCUT2D eigenvalue weighted by Gasteiger charge is -2.02. The molecule has 1 aliphatic carbocycles. The topological polar surface area (TPSA) is 0 Å². The van der Waals surface area contributed by atoms with Gasteiger partial charge < -0.3 is 0 Å². The van der Waals surface area contributed by atoms with E-state index >= 15 is 0 Å². The van der Waals surface area contributed by atoms with Crippen molar-refractivity contribution < 1.29 is 0 Å². The number of rotatable bonds is 5. The van der Waals surface area contributed by atoms with Crippen molar-refractivity contribution in [3.63, 3.8) is 0 Å². The molecule has 0 spiro atoms. The largest absolute Gasteiger partial charge is 0.0654 e. The van der Waals surface area contributed by atoms with Crippen LogP contribution in [0.15, 0.2) is 0 Å². The summed E-state index contributed by atoms with van der Waals surface area (Å²) in [5.41, 5.74) is 0. The molecule has 0 saturated heterocycles. The van der Waals surface area contributed by atoms with Gasteiger partial charge in [0.25, 0.3) is 0 Å². The van der Waals surface area contributed by atoms with Gasteiger partial charge in [0, 0.05) is 0 Å². The molecule has 1 fully saturated rings. The van der Waals surface area contributed by atoms with Crippen molar-refractivity contribution in [3.05, 3.63) is 0 Å². The zero-order valence-corrected chi connectivity index (χ0v) is 9.14. The molecule has 0 nitrogen and oxygen atoms in total. The second kappa shape index (κ2) is 4.30. The van der Waals surface area contributed by atoms with E-state index in [1.807, 2.05) is 0 Å². The monoisotopic (exact) mass is 168 g/mol. The Morgan fingerprint density at radius 3 is 2.25 bits per heavy atom. The molecule has 0 bridgehead atoms. The van der Waals surface area contributed by atoms with Gasteiger partial charge in [0.1, 0.15) is 0 Å². The quantitative estimate of drug-likeness (QED) is 0.542. The minimum Gasteiger partial charge on any atom is -0.0654 e. The van der Waals surface area contributed by atoms with Crippen LogP contribution >= 0.6 is 0 Å². The average Bonchev–Trinajstić information content (AvgIpc) is 2.62. The third kappa shape index (κ3) is 2.24. The molecule has 1 rings (SSSR count). The predicted molar refractivity (Wildman–Crippen MR) is 55.1 cm³/mol. The molecule has 1 saturated carbocycles. The number of unbranched alkanes of at least 4 members (excludes halogenated alkanes) is 2. The summed E-state index contributed by atoms with van der Waals surface area (Å²) in [6, 6.07) is 0. The smallest absolute Gasteiger partial charge is 0.0331 e. The highest BCUT2D eigenvalue weighted by atomic mass is 14.5. The van der Waals surface area contributed by atoms with E-state index in [1.165, 1.54) is 25.7 Å². The van der Waals surface area contributed by atoms with E-state index < -0.39 is 0 Å². The Bertz CT molecular complexity index is 126. The first-order valence-electron chi connectivity index (χ1n) is 5.68. The van der Waals surface area contributed by atoms with Gasteiger partial charge in [-0.1, -0.05) is 47.0 Å². The lowest BCUT2D eigenvalue weighted by atomic mass is 10.0. The summed E-state index contributed by atoms with van der Waals surface area (Å²) < 4.78 is 0. The molecule has 0 aromatic rings. The van der Waals surface area contributed by atoms with E-state index in [-0.39, 0.29) is 0 Å². The van der Waals surface area contributed by atoms with E-state index in [2.05, 4.69) is 27.7 Å².